The molecule has 8 N–H and O–H groups in total. The summed E-state index contributed by atoms with van der Waals surface area (Å²) in [7, 11) is 0. The van der Waals surface area contributed by atoms with E-state index >= 15 is 0 Å². The van der Waals surface area contributed by atoms with E-state index in [4.69, 9.17) is 11.5 Å². The molecule has 4 atom stereocenters. The average molecular weight is 428 g/mol. The Kier molecular flexibility index (Phi) is 4.71. The fourth-order valence-electron chi connectivity index (χ4n) is 5.29. The number of aryl methyl sites for hydroxylation is 1. The maximum atomic E-state index is 13.4. The van der Waals surface area contributed by atoms with Gasteiger partial charge in [0.15, 0.2) is 11.4 Å². The topological polar surface area (TPSA) is 184 Å². The van der Waals surface area contributed by atoms with Gasteiger partial charge in [-0.1, -0.05) is 19.4 Å². The number of benzene rings is 1. The molecule has 0 spiro atoms. The summed E-state index contributed by atoms with van der Waals surface area (Å²) < 4.78 is 0. The van der Waals surface area contributed by atoms with Gasteiger partial charge in [-0.3, -0.25) is 14.4 Å². The van der Waals surface area contributed by atoms with Crippen molar-refractivity contribution in [2.45, 2.75) is 44.2 Å². The van der Waals surface area contributed by atoms with Crippen LogP contribution in [0.2, 0.25) is 0 Å². The molecule has 9 heteroatoms. The number of rotatable bonds is 3. The first kappa shape index (κ1) is 21.1. The quantitative estimate of drug-likeness (QED) is 0.372. The Morgan fingerprint density at radius 3 is 2.52 bits per heavy atom. The average Bonchev–Trinajstić information content (AvgIpc) is 2.70. The van der Waals surface area contributed by atoms with Gasteiger partial charge in [0.05, 0.1) is 11.6 Å². The Hall–Kier alpha value is -3.17. The number of nitrogens with two attached hydrogens (primary N) is 2. The molecule has 0 heterocycles. The Morgan fingerprint density at radius 2 is 1.90 bits per heavy atom. The molecule has 1 aromatic rings. The lowest BCUT2D eigenvalue weighted by molar-refractivity contribution is -0.149. The molecule has 0 aromatic heterocycles. The summed E-state index contributed by atoms with van der Waals surface area (Å²) in [4.78, 5) is 37.7. The largest absolute Gasteiger partial charge is 0.508 e. The highest BCUT2D eigenvalue weighted by Crippen LogP contribution is 2.52. The SMILES string of the molecule is CCCc1ccc(O)c2c1C[C@H]1C[C@H]3[C@@H](N)C(=O)C(C(N)=O)=C(O)[C@@]3(O)C(=O)C1=C2O. The number of aliphatic hydroxyl groups is 3. The predicted octanol–water partition coefficient (Wildman–Crippen LogP) is 0.314. The van der Waals surface area contributed by atoms with Crippen LogP contribution in [0.3, 0.4) is 0 Å². The summed E-state index contributed by atoms with van der Waals surface area (Å²) in [5.41, 5.74) is 9.12. The zero-order valence-corrected chi connectivity index (χ0v) is 16.9. The fraction of sp³-hybridized carbons (Fsp3) is 0.409. The highest BCUT2D eigenvalue weighted by Gasteiger charge is 2.63. The minimum absolute atomic E-state index is 0.00526. The number of phenolic OH excluding ortho intramolecular Hbond substituents is 1. The lowest BCUT2D eigenvalue weighted by Crippen LogP contribution is -2.65. The van der Waals surface area contributed by atoms with Crippen molar-refractivity contribution in [3.63, 3.8) is 0 Å². The molecule has 3 aliphatic rings. The smallest absolute Gasteiger partial charge is 0.255 e. The number of ketones is 2. The molecular formula is C22H24N2O7. The van der Waals surface area contributed by atoms with E-state index < -0.39 is 58.0 Å². The van der Waals surface area contributed by atoms with E-state index in [1.807, 2.05) is 6.92 Å². The second kappa shape index (κ2) is 6.93. The summed E-state index contributed by atoms with van der Waals surface area (Å²) in [6, 6.07) is 1.76. The van der Waals surface area contributed by atoms with Crippen LogP contribution in [0.15, 0.2) is 29.0 Å². The Morgan fingerprint density at radius 1 is 1.23 bits per heavy atom. The van der Waals surface area contributed by atoms with Crippen molar-refractivity contribution in [2.75, 3.05) is 0 Å². The number of amides is 1. The highest BCUT2D eigenvalue weighted by molar-refractivity contribution is 6.24. The van der Waals surface area contributed by atoms with E-state index in [9.17, 15) is 34.8 Å². The Labute approximate surface area is 177 Å². The van der Waals surface area contributed by atoms with Gasteiger partial charge in [0.1, 0.15) is 22.8 Å². The third kappa shape index (κ3) is 2.66. The third-order valence-electron chi connectivity index (χ3n) is 6.75. The molecule has 31 heavy (non-hydrogen) atoms. The summed E-state index contributed by atoms with van der Waals surface area (Å²) in [6.07, 6.45) is 1.81. The molecule has 0 bridgehead atoms. The fourth-order valence-corrected chi connectivity index (χ4v) is 5.29. The zero-order valence-electron chi connectivity index (χ0n) is 16.9. The van der Waals surface area contributed by atoms with Crippen LogP contribution in [-0.4, -0.2) is 49.5 Å². The lowest BCUT2D eigenvalue weighted by Gasteiger charge is -2.48. The number of aliphatic hydroxyl groups excluding tert-OH is 2. The first-order valence-electron chi connectivity index (χ1n) is 10.1. The van der Waals surface area contributed by atoms with Crippen LogP contribution in [0, 0.1) is 11.8 Å². The summed E-state index contributed by atoms with van der Waals surface area (Å²) in [5, 5.41) is 43.2. The van der Waals surface area contributed by atoms with Gasteiger partial charge >= 0.3 is 0 Å². The number of fused-ring (bicyclic) bond motifs is 3. The second-order valence-corrected chi connectivity index (χ2v) is 8.43. The van der Waals surface area contributed by atoms with Crippen molar-refractivity contribution >= 4 is 23.2 Å². The molecule has 1 aromatic carbocycles. The third-order valence-corrected chi connectivity index (χ3v) is 6.75. The number of hydrogen-bond acceptors (Lipinski definition) is 8. The molecule has 0 saturated heterocycles. The summed E-state index contributed by atoms with van der Waals surface area (Å²) in [5.74, 6) is -6.95. The minimum atomic E-state index is -2.67. The molecule has 9 nitrogen and oxygen atoms in total. The number of carbonyl (C=O) groups excluding carboxylic acids is 3. The molecular weight excluding hydrogens is 404 g/mol. The molecule has 0 unspecified atom stereocenters. The predicted molar refractivity (Wildman–Crippen MR) is 109 cm³/mol. The number of Topliss-reactive ketones (excluding diaryl/α,β-unsaturated/α-hetero) is 2. The first-order valence-corrected chi connectivity index (χ1v) is 10.1. The van der Waals surface area contributed by atoms with Crippen LogP contribution in [0.1, 0.15) is 36.5 Å². The Balaban J connectivity index is 1.95. The highest BCUT2D eigenvalue weighted by atomic mass is 16.3. The van der Waals surface area contributed by atoms with Crippen molar-refractivity contribution in [3.8, 4) is 5.75 Å². The van der Waals surface area contributed by atoms with Crippen LogP contribution >= 0.6 is 0 Å². The van der Waals surface area contributed by atoms with Crippen molar-refractivity contribution in [2.24, 2.45) is 23.3 Å². The van der Waals surface area contributed by atoms with Crippen molar-refractivity contribution in [1.29, 1.82) is 0 Å². The van der Waals surface area contributed by atoms with Crippen LogP contribution in [-0.2, 0) is 27.2 Å². The maximum Gasteiger partial charge on any atom is 0.255 e. The van der Waals surface area contributed by atoms with Crippen LogP contribution < -0.4 is 11.5 Å². The van der Waals surface area contributed by atoms with E-state index in [1.165, 1.54) is 6.07 Å². The van der Waals surface area contributed by atoms with E-state index in [0.717, 1.165) is 12.0 Å². The zero-order chi connectivity index (χ0) is 22.8. The van der Waals surface area contributed by atoms with E-state index in [0.29, 0.717) is 12.0 Å². The number of aromatic hydroxyl groups is 1. The molecule has 164 valence electrons. The van der Waals surface area contributed by atoms with Gasteiger partial charge < -0.3 is 31.9 Å². The van der Waals surface area contributed by atoms with Crippen molar-refractivity contribution in [1.82, 2.24) is 0 Å². The summed E-state index contributed by atoms with van der Waals surface area (Å²) in [6.45, 7) is 1.99. The molecule has 1 fully saturated rings. The molecule has 3 aliphatic carbocycles. The summed E-state index contributed by atoms with van der Waals surface area (Å²) >= 11 is 0. The minimum Gasteiger partial charge on any atom is -0.508 e. The van der Waals surface area contributed by atoms with Gasteiger partial charge in [-0.25, -0.2) is 0 Å². The van der Waals surface area contributed by atoms with E-state index in [1.54, 1.807) is 6.07 Å². The van der Waals surface area contributed by atoms with Crippen LogP contribution in [0.5, 0.6) is 5.75 Å². The Bertz CT molecular complexity index is 1100. The number of phenols is 1. The molecule has 4 rings (SSSR count). The number of hydrogen-bond donors (Lipinski definition) is 6. The van der Waals surface area contributed by atoms with Gasteiger partial charge in [0.25, 0.3) is 5.91 Å². The van der Waals surface area contributed by atoms with E-state index in [2.05, 4.69) is 0 Å². The van der Waals surface area contributed by atoms with Gasteiger partial charge in [-0.05, 0) is 42.4 Å². The lowest BCUT2D eigenvalue weighted by atomic mass is 9.57. The molecule has 1 amide bonds. The van der Waals surface area contributed by atoms with Crippen LogP contribution in [0.4, 0.5) is 0 Å². The van der Waals surface area contributed by atoms with Crippen molar-refractivity contribution in [3.05, 3.63) is 45.7 Å². The first-order chi connectivity index (χ1) is 14.5. The molecule has 1 saturated carbocycles. The normalized spacial score (nSPS) is 30.1. The molecule has 0 radical (unpaired) electrons. The standard InChI is InChI=1S/C22H24N2O7/c1-2-3-8-4-5-12(25)14-10(8)6-9-7-11-16(23)18(27)15(21(24)30)20(29)22(11,31)19(28)13(9)17(14)26/h4-5,9,11,16,25-26,29,31H,2-3,6-7,23H2,1H3,(H2,24,30)/t9-,11-,16+,22-/m0/s1. The monoisotopic (exact) mass is 428 g/mol. The van der Waals surface area contributed by atoms with Crippen molar-refractivity contribution < 1.29 is 34.8 Å². The molecule has 0 aliphatic heterocycles. The van der Waals surface area contributed by atoms with Gasteiger partial charge in [-0.2, -0.15) is 0 Å². The van der Waals surface area contributed by atoms with Crippen LogP contribution in [0.25, 0.3) is 5.76 Å². The van der Waals surface area contributed by atoms with Gasteiger partial charge in [0.2, 0.25) is 5.78 Å². The number of carbonyl (C=O) groups is 3. The maximum absolute atomic E-state index is 13.4. The number of primary amides is 1. The van der Waals surface area contributed by atoms with Gasteiger partial charge in [0, 0.05) is 11.5 Å². The van der Waals surface area contributed by atoms with E-state index in [-0.39, 0.29) is 29.7 Å². The second-order valence-electron chi connectivity index (χ2n) is 8.43. The van der Waals surface area contributed by atoms with Gasteiger partial charge in [-0.15, -0.1) is 0 Å².